The van der Waals surface area contributed by atoms with Gasteiger partial charge in [-0.25, -0.2) is 0 Å². The van der Waals surface area contributed by atoms with Gasteiger partial charge in [0.2, 0.25) is 0 Å². The van der Waals surface area contributed by atoms with Crippen molar-refractivity contribution in [3.05, 3.63) is 0 Å². The molecule has 1 atom stereocenters. The first-order chi connectivity index (χ1) is 7.12. The van der Waals surface area contributed by atoms with Gasteiger partial charge in [0.25, 0.3) is 0 Å². The highest BCUT2D eigenvalue weighted by Gasteiger charge is 2.29. The zero-order chi connectivity index (χ0) is 12.4. The molecule has 1 aliphatic rings. The van der Waals surface area contributed by atoms with Crippen LogP contribution in [0.4, 0.5) is 0 Å². The van der Waals surface area contributed by atoms with E-state index in [9.17, 15) is 0 Å². The molecule has 1 saturated carbocycles. The first-order valence-electron chi connectivity index (χ1n) is 6.91. The van der Waals surface area contributed by atoms with Crippen LogP contribution in [0.25, 0.3) is 0 Å². The molecule has 0 saturated heterocycles. The van der Waals surface area contributed by atoms with E-state index in [1.165, 1.54) is 44.9 Å². The maximum Gasteiger partial charge on any atom is 0.0126 e. The van der Waals surface area contributed by atoms with Gasteiger partial charge in [0.15, 0.2) is 0 Å². The second-order valence-corrected chi connectivity index (χ2v) is 7.84. The van der Waals surface area contributed by atoms with E-state index in [-0.39, 0.29) is 5.54 Å². The van der Waals surface area contributed by atoms with Gasteiger partial charge in [-0.05, 0) is 56.3 Å². The lowest BCUT2D eigenvalue weighted by atomic mass is 9.71. The second-order valence-electron chi connectivity index (χ2n) is 7.84. The molecule has 1 unspecified atom stereocenters. The number of rotatable bonds is 0. The maximum absolute atomic E-state index is 6.38. The minimum atomic E-state index is 0.0602. The van der Waals surface area contributed by atoms with Gasteiger partial charge in [-0.1, -0.05) is 34.1 Å². The average Bonchev–Trinajstić information content (AvgIpc) is 2.11. The Kier molecular flexibility index (Phi) is 4.10. The summed E-state index contributed by atoms with van der Waals surface area (Å²) in [5.41, 5.74) is 7.41. The van der Waals surface area contributed by atoms with Crippen LogP contribution >= 0.6 is 0 Å². The van der Waals surface area contributed by atoms with E-state index in [4.69, 9.17) is 5.73 Å². The van der Waals surface area contributed by atoms with E-state index < -0.39 is 0 Å². The molecular formula is C15H31N. The van der Waals surface area contributed by atoms with Crippen molar-refractivity contribution >= 4 is 0 Å². The maximum atomic E-state index is 6.38. The molecule has 96 valence electrons. The minimum absolute atomic E-state index is 0.0602. The van der Waals surface area contributed by atoms with Gasteiger partial charge in [0.1, 0.15) is 0 Å². The summed E-state index contributed by atoms with van der Waals surface area (Å²) in [5.74, 6) is 0. The third kappa shape index (κ3) is 4.86. The van der Waals surface area contributed by atoms with Crippen molar-refractivity contribution in [1.29, 1.82) is 0 Å². The third-order valence-electron chi connectivity index (χ3n) is 4.45. The first kappa shape index (κ1) is 14.0. The molecule has 0 amide bonds. The minimum Gasteiger partial charge on any atom is -0.325 e. The molecule has 1 fully saturated rings. The van der Waals surface area contributed by atoms with Gasteiger partial charge >= 0.3 is 0 Å². The zero-order valence-electron chi connectivity index (χ0n) is 12.0. The molecule has 0 aromatic heterocycles. The van der Waals surface area contributed by atoms with Crippen LogP contribution in [-0.4, -0.2) is 5.54 Å². The molecule has 0 radical (unpaired) electrons. The van der Waals surface area contributed by atoms with Crippen molar-refractivity contribution in [2.45, 2.75) is 85.1 Å². The summed E-state index contributed by atoms with van der Waals surface area (Å²) < 4.78 is 0. The van der Waals surface area contributed by atoms with E-state index in [1.54, 1.807) is 0 Å². The molecule has 1 aliphatic carbocycles. The summed E-state index contributed by atoms with van der Waals surface area (Å²) in [5, 5.41) is 0. The molecule has 1 nitrogen and oxygen atoms in total. The van der Waals surface area contributed by atoms with Gasteiger partial charge in [0, 0.05) is 5.54 Å². The van der Waals surface area contributed by atoms with Gasteiger partial charge in [0.05, 0.1) is 0 Å². The molecule has 0 aromatic rings. The van der Waals surface area contributed by atoms with Crippen LogP contribution in [0, 0.1) is 10.8 Å². The van der Waals surface area contributed by atoms with Gasteiger partial charge < -0.3 is 5.73 Å². The van der Waals surface area contributed by atoms with Crippen molar-refractivity contribution in [3.8, 4) is 0 Å². The van der Waals surface area contributed by atoms with Crippen LogP contribution in [0.2, 0.25) is 0 Å². The Morgan fingerprint density at radius 3 is 1.62 bits per heavy atom. The normalized spacial score (nSPS) is 35.6. The molecule has 0 aromatic carbocycles. The summed E-state index contributed by atoms with van der Waals surface area (Å²) in [6, 6.07) is 0. The lowest BCUT2D eigenvalue weighted by Gasteiger charge is -2.37. The molecule has 0 bridgehead atoms. The van der Waals surface area contributed by atoms with Crippen molar-refractivity contribution in [1.82, 2.24) is 0 Å². The highest BCUT2D eigenvalue weighted by Crippen LogP contribution is 2.40. The number of nitrogens with two attached hydrogens (primary N) is 1. The molecular weight excluding hydrogens is 194 g/mol. The topological polar surface area (TPSA) is 26.0 Å². The Morgan fingerprint density at radius 1 is 0.625 bits per heavy atom. The summed E-state index contributed by atoms with van der Waals surface area (Å²) in [6.07, 6.45) is 8.97. The predicted octanol–water partition coefficient (Wildman–Crippen LogP) is 4.50. The van der Waals surface area contributed by atoms with Crippen molar-refractivity contribution < 1.29 is 0 Å². The van der Waals surface area contributed by atoms with Gasteiger partial charge in [-0.3, -0.25) is 0 Å². The lowest BCUT2D eigenvalue weighted by Crippen LogP contribution is -2.38. The SMILES string of the molecule is CC1(C)CCCC(C)(N)CCC(C)(C)CC1. The summed E-state index contributed by atoms with van der Waals surface area (Å²) >= 11 is 0. The lowest BCUT2D eigenvalue weighted by molar-refractivity contribution is 0.175. The fraction of sp³-hybridized carbons (Fsp3) is 1.00. The monoisotopic (exact) mass is 225 g/mol. The second kappa shape index (κ2) is 4.68. The van der Waals surface area contributed by atoms with E-state index in [2.05, 4.69) is 34.6 Å². The molecule has 16 heavy (non-hydrogen) atoms. The van der Waals surface area contributed by atoms with Crippen molar-refractivity contribution in [3.63, 3.8) is 0 Å². The highest BCUT2D eigenvalue weighted by atomic mass is 14.7. The molecule has 2 N–H and O–H groups in total. The van der Waals surface area contributed by atoms with Crippen LogP contribution in [0.5, 0.6) is 0 Å². The van der Waals surface area contributed by atoms with Crippen LogP contribution < -0.4 is 5.73 Å². The molecule has 0 spiro atoms. The van der Waals surface area contributed by atoms with Crippen LogP contribution in [0.15, 0.2) is 0 Å². The van der Waals surface area contributed by atoms with Crippen LogP contribution in [0.3, 0.4) is 0 Å². The van der Waals surface area contributed by atoms with Gasteiger partial charge in [-0.15, -0.1) is 0 Å². The van der Waals surface area contributed by atoms with Gasteiger partial charge in [-0.2, -0.15) is 0 Å². The zero-order valence-corrected chi connectivity index (χ0v) is 12.0. The fourth-order valence-electron chi connectivity index (χ4n) is 2.65. The van der Waals surface area contributed by atoms with E-state index in [0.717, 1.165) is 0 Å². The Hall–Kier alpha value is -0.0400. The predicted molar refractivity (Wildman–Crippen MR) is 72.5 cm³/mol. The Morgan fingerprint density at radius 2 is 1.06 bits per heavy atom. The molecule has 0 heterocycles. The number of hydrogen-bond acceptors (Lipinski definition) is 1. The molecule has 0 aliphatic heterocycles. The van der Waals surface area contributed by atoms with Crippen molar-refractivity contribution in [2.75, 3.05) is 0 Å². The smallest absolute Gasteiger partial charge is 0.0126 e. The molecule has 1 rings (SSSR count). The molecule has 1 heteroatoms. The Labute approximate surface area is 102 Å². The van der Waals surface area contributed by atoms with Crippen LogP contribution in [0.1, 0.15) is 79.6 Å². The third-order valence-corrected chi connectivity index (χ3v) is 4.45. The Balaban J connectivity index is 2.69. The van der Waals surface area contributed by atoms with Crippen LogP contribution in [-0.2, 0) is 0 Å². The van der Waals surface area contributed by atoms with E-state index >= 15 is 0 Å². The first-order valence-corrected chi connectivity index (χ1v) is 6.91. The van der Waals surface area contributed by atoms with E-state index in [0.29, 0.717) is 10.8 Å². The summed E-state index contributed by atoms with van der Waals surface area (Å²) in [7, 11) is 0. The highest BCUT2D eigenvalue weighted by molar-refractivity contribution is 4.85. The summed E-state index contributed by atoms with van der Waals surface area (Å²) in [6.45, 7) is 11.9. The van der Waals surface area contributed by atoms with E-state index in [1.807, 2.05) is 0 Å². The Bertz CT molecular complexity index is 204. The fourth-order valence-corrected chi connectivity index (χ4v) is 2.65. The standard InChI is InChI=1S/C15H31N/c1-13(2)7-6-8-15(5,16)12-11-14(3,4)10-9-13/h6-12,16H2,1-5H3. The largest absolute Gasteiger partial charge is 0.325 e. The van der Waals surface area contributed by atoms with Crippen molar-refractivity contribution in [2.24, 2.45) is 16.6 Å². The summed E-state index contributed by atoms with van der Waals surface area (Å²) in [4.78, 5) is 0. The average molecular weight is 225 g/mol. The number of hydrogen-bond donors (Lipinski definition) is 1. The quantitative estimate of drug-likeness (QED) is 0.645.